The summed E-state index contributed by atoms with van der Waals surface area (Å²) in [4.78, 5) is 11.2. The van der Waals surface area contributed by atoms with E-state index in [1.807, 2.05) is 0 Å². The quantitative estimate of drug-likeness (QED) is 0.824. The molecule has 0 atom stereocenters. The van der Waals surface area contributed by atoms with Crippen molar-refractivity contribution in [2.24, 2.45) is 0 Å². The molecule has 1 aromatic heterocycles. The van der Waals surface area contributed by atoms with Crippen molar-refractivity contribution in [3.8, 4) is 0 Å². The van der Waals surface area contributed by atoms with Gasteiger partial charge >= 0.3 is 5.97 Å². The molecule has 5 nitrogen and oxygen atoms in total. The third kappa shape index (κ3) is 3.44. The number of anilines is 1. The highest BCUT2D eigenvalue weighted by Crippen LogP contribution is 2.35. The smallest absolute Gasteiger partial charge is 0.339 e. The van der Waals surface area contributed by atoms with Gasteiger partial charge in [0, 0.05) is 0 Å². The SMILES string of the molecule is O=C(O)c1c(Cl)ccc(Cl)c1NS(=O)(=O)c1ccc(Cl)s1. The fourth-order valence-electron chi connectivity index (χ4n) is 1.49. The van der Waals surface area contributed by atoms with Crippen LogP contribution in [0.5, 0.6) is 0 Å². The summed E-state index contributed by atoms with van der Waals surface area (Å²) >= 11 is 18.2. The first-order valence-corrected chi connectivity index (χ1v) is 8.65. The molecule has 0 fully saturated rings. The number of carboxylic acids is 1. The molecule has 1 heterocycles. The number of hydrogen-bond acceptors (Lipinski definition) is 4. The van der Waals surface area contributed by atoms with Crippen LogP contribution in [0.15, 0.2) is 28.5 Å². The Morgan fingerprint density at radius 3 is 2.24 bits per heavy atom. The van der Waals surface area contributed by atoms with Crippen LogP contribution in [0.4, 0.5) is 5.69 Å². The second kappa shape index (κ2) is 6.02. The second-order valence-corrected chi connectivity index (χ2v) is 8.19. The molecule has 0 saturated carbocycles. The third-order valence-corrected chi connectivity index (χ3v) is 6.07. The number of nitrogens with one attached hydrogen (secondary N) is 1. The van der Waals surface area contributed by atoms with E-state index in [-0.39, 0.29) is 24.3 Å². The number of carbonyl (C=O) groups is 1. The molecule has 2 N–H and O–H groups in total. The number of carboxylic acid groups (broad SMARTS) is 1. The van der Waals surface area contributed by atoms with Crippen molar-refractivity contribution in [2.75, 3.05) is 4.72 Å². The summed E-state index contributed by atoms with van der Waals surface area (Å²) in [6, 6.07) is 5.29. The number of benzene rings is 1. The minimum Gasteiger partial charge on any atom is -0.478 e. The van der Waals surface area contributed by atoms with Gasteiger partial charge in [-0.3, -0.25) is 4.72 Å². The van der Waals surface area contributed by atoms with Gasteiger partial charge in [-0.1, -0.05) is 34.8 Å². The molecular formula is C11H6Cl3NO4S2. The van der Waals surface area contributed by atoms with Crippen molar-refractivity contribution in [1.29, 1.82) is 0 Å². The molecule has 0 bridgehead atoms. The monoisotopic (exact) mass is 385 g/mol. The summed E-state index contributed by atoms with van der Waals surface area (Å²) < 4.78 is 26.7. The number of sulfonamides is 1. The van der Waals surface area contributed by atoms with Crippen molar-refractivity contribution in [3.63, 3.8) is 0 Å². The number of rotatable bonds is 4. The van der Waals surface area contributed by atoms with Gasteiger partial charge in [-0.15, -0.1) is 11.3 Å². The molecule has 0 unspecified atom stereocenters. The molecule has 0 amide bonds. The largest absolute Gasteiger partial charge is 0.478 e. The van der Waals surface area contributed by atoms with Gasteiger partial charge in [0.25, 0.3) is 10.0 Å². The minimum absolute atomic E-state index is 0.0696. The molecule has 0 saturated heterocycles. The topological polar surface area (TPSA) is 83.5 Å². The van der Waals surface area contributed by atoms with Gasteiger partial charge in [0.15, 0.2) is 0 Å². The Morgan fingerprint density at radius 1 is 1.10 bits per heavy atom. The fourth-order valence-corrected chi connectivity index (χ4v) is 4.56. The Labute approximate surface area is 139 Å². The second-order valence-electron chi connectivity index (χ2n) is 3.75. The molecule has 0 spiro atoms. The Morgan fingerprint density at radius 2 is 1.71 bits per heavy atom. The Hall–Kier alpha value is -0.990. The lowest BCUT2D eigenvalue weighted by Gasteiger charge is -2.12. The van der Waals surface area contributed by atoms with E-state index >= 15 is 0 Å². The van der Waals surface area contributed by atoms with E-state index in [0.717, 1.165) is 11.3 Å². The van der Waals surface area contributed by atoms with Crippen molar-refractivity contribution < 1.29 is 18.3 Å². The van der Waals surface area contributed by atoms with E-state index in [1.54, 1.807) is 0 Å². The summed E-state index contributed by atoms with van der Waals surface area (Å²) in [7, 11) is -4.01. The Kier molecular flexibility index (Phi) is 4.69. The van der Waals surface area contributed by atoms with Crippen molar-refractivity contribution >= 4 is 67.8 Å². The van der Waals surface area contributed by atoms with Crippen LogP contribution >= 0.6 is 46.1 Å². The summed E-state index contributed by atoms with van der Waals surface area (Å²) in [5.74, 6) is -1.40. The fraction of sp³-hybridized carbons (Fsp3) is 0. The van der Waals surface area contributed by atoms with Crippen LogP contribution < -0.4 is 4.72 Å². The van der Waals surface area contributed by atoms with Gasteiger partial charge in [-0.2, -0.15) is 0 Å². The average molecular weight is 387 g/mol. The lowest BCUT2D eigenvalue weighted by atomic mass is 10.2. The lowest BCUT2D eigenvalue weighted by Crippen LogP contribution is -2.15. The van der Waals surface area contributed by atoms with E-state index in [1.165, 1.54) is 24.3 Å². The zero-order valence-corrected chi connectivity index (χ0v) is 13.8. The molecule has 10 heteroatoms. The first-order chi connectivity index (χ1) is 9.72. The van der Waals surface area contributed by atoms with Crippen LogP contribution in [0.2, 0.25) is 14.4 Å². The maximum atomic E-state index is 12.2. The molecule has 0 aliphatic rings. The maximum Gasteiger partial charge on any atom is 0.339 e. The van der Waals surface area contributed by atoms with Crippen molar-refractivity contribution in [1.82, 2.24) is 0 Å². The number of thiophene rings is 1. The van der Waals surface area contributed by atoms with E-state index in [2.05, 4.69) is 4.72 Å². The maximum absolute atomic E-state index is 12.2. The van der Waals surface area contributed by atoms with Crippen LogP contribution in [0.3, 0.4) is 0 Å². The van der Waals surface area contributed by atoms with Gasteiger partial charge < -0.3 is 5.11 Å². The summed E-state index contributed by atoms with van der Waals surface area (Å²) in [6.07, 6.45) is 0. The highest BCUT2D eigenvalue weighted by atomic mass is 35.5. The van der Waals surface area contributed by atoms with E-state index in [0.29, 0.717) is 0 Å². The zero-order valence-electron chi connectivity index (χ0n) is 9.93. The molecule has 2 aromatic rings. The standard InChI is InChI=1S/C11H6Cl3NO4S2/c12-5-1-2-6(13)10(9(5)11(16)17)15-21(18,19)8-4-3-7(14)20-8/h1-4,15H,(H,16,17). The van der Waals surface area contributed by atoms with Crippen molar-refractivity contribution in [3.05, 3.63) is 44.2 Å². The van der Waals surface area contributed by atoms with E-state index in [9.17, 15) is 13.2 Å². The average Bonchev–Trinajstić information content (AvgIpc) is 2.81. The molecule has 21 heavy (non-hydrogen) atoms. The third-order valence-electron chi connectivity index (χ3n) is 2.37. The van der Waals surface area contributed by atoms with Gasteiger partial charge in [0.1, 0.15) is 9.77 Å². The van der Waals surface area contributed by atoms with Crippen LogP contribution in [0.1, 0.15) is 10.4 Å². The van der Waals surface area contributed by atoms with E-state index < -0.39 is 21.6 Å². The molecule has 0 aliphatic carbocycles. The lowest BCUT2D eigenvalue weighted by molar-refractivity contribution is 0.0698. The summed E-state index contributed by atoms with van der Waals surface area (Å²) in [5, 5.41) is 8.93. The van der Waals surface area contributed by atoms with Gasteiger partial charge in [0.05, 0.1) is 20.1 Å². The molecular weight excluding hydrogens is 381 g/mol. The minimum atomic E-state index is -4.01. The molecule has 0 aliphatic heterocycles. The van der Waals surface area contributed by atoms with Crippen LogP contribution in [-0.4, -0.2) is 19.5 Å². The zero-order chi connectivity index (χ0) is 15.8. The number of aromatic carboxylic acids is 1. The van der Waals surface area contributed by atoms with Crippen molar-refractivity contribution in [2.45, 2.75) is 4.21 Å². The molecule has 0 radical (unpaired) electrons. The number of hydrogen-bond donors (Lipinski definition) is 2. The summed E-state index contributed by atoms with van der Waals surface area (Å²) in [6.45, 7) is 0. The Bertz CT molecular complexity index is 817. The highest BCUT2D eigenvalue weighted by molar-refractivity contribution is 7.94. The normalized spacial score (nSPS) is 11.4. The first kappa shape index (κ1) is 16.4. The predicted octanol–water partition coefficient (Wildman–Crippen LogP) is 4.21. The van der Waals surface area contributed by atoms with Gasteiger partial charge in [-0.05, 0) is 24.3 Å². The summed E-state index contributed by atoms with van der Waals surface area (Å²) in [5.41, 5.74) is -0.711. The molecule has 2 rings (SSSR count). The highest BCUT2D eigenvalue weighted by Gasteiger charge is 2.24. The van der Waals surface area contributed by atoms with Gasteiger partial charge in [-0.25, -0.2) is 13.2 Å². The Balaban J connectivity index is 2.54. The van der Waals surface area contributed by atoms with Crippen LogP contribution in [0.25, 0.3) is 0 Å². The number of halogens is 3. The van der Waals surface area contributed by atoms with E-state index in [4.69, 9.17) is 39.9 Å². The first-order valence-electron chi connectivity index (χ1n) is 5.22. The molecule has 112 valence electrons. The van der Waals surface area contributed by atoms with Crippen LogP contribution in [-0.2, 0) is 10.0 Å². The predicted molar refractivity (Wildman–Crippen MR) is 83.6 cm³/mol. The van der Waals surface area contributed by atoms with Gasteiger partial charge in [0.2, 0.25) is 0 Å². The van der Waals surface area contributed by atoms with Crippen LogP contribution in [0, 0.1) is 0 Å². The molecule has 1 aromatic carbocycles.